The van der Waals surface area contributed by atoms with Crippen molar-refractivity contribution in [2.45, 2.75) is 25.8 Å². The highest BCUT2D eigenvalue weighted by Gasteiger charge is 2.41. The zero-order valence-corrected chi connectivity index (χ0v) is 9.66. The summed E-state index contributed by atoms with van der Waals surface area (Å²) in [5.74, 6) is -2.14. The maximum atomic E-state index is 13.3. The lowest BCUT2D eigenvalue weighted by atomic mass is 9.95. The lowest BCUT2D eigenvalue weighted by Crippen LogP contribution is -2.45. The van der Waals surface area contributed by atoms with E-state index in [0.29, 0.717) is 19.6 Å². The van der Waals surface area contributed by atoms with Crippen molar-refractivity contribution in [3.63, 3.8) is 0 Å². The van der Waals surface area contributed by atoms with Crippen molar-refractivity contribution in [1.82, 2.24) is 14.5 Å². The topological polar surface area (TPSA) is 21.1 Å². The van der Waals surface area contributed by atoms with Gasteiger partial charge in [0.15, 0.2) is 0 Å². The van der Waals surface area contributed by atoms with E-state index in [1.165, 1.54) is 0 Å². The van der Waals surface area contributed by atoms with Crippen molar-refractivity contribution < 1.29 is 8.78 Å². The molecule has 0 radical (unpaired) electrons. The first-order valence-electron chi connectivity index (χ1n) is 5.55. The van der Waals surface area contributed by atoms with Crippen LogP contribution in [0.3, 0.4) is 0 Å². The van der Waals surface area contributed by atoms with Crippen LogP contribution in [0.2, 0.25) is 0 Å². The third-order valence-corrected chi connectivity index (χ3v) is 3.30. The molecule has 1 aromatic rings. The van der Waals surface area contributed by atoms with E-state index in [1.54, 1.807) is 13.1 Å². The van der Waals surface area contributed by atoms with Crippen LogP contribution >= 0.6 is 0 Å². The minimum absolute atomic E-state index is 0.0431. The van der Waals surface area contributed by atoms with Crippen LogP contribution < -0.4 is 0 Å². The van der Waals surface area contributed by atoms with Gasteiger partial charge in [0.2, 0.25) is 0 Å². The maximum Gasteiger partial charge on any atom is 0.253 e. The van der Waals surface area contributed by atoms with Gasteiger partial charge in [0.25, 0.3) is 5.92 Å². The maximum absolute atomic E-state index is 13.3. The first kappa shape index (κ1) is 11.5. The Morgan fingerprint density at radius 2 is 2.31 bits per heavy atom. The number of alkyl halides is 2. The number of piperidine rings is 1. The Morgan fingerprint density at radius 3 is 2.88 bits per heavy atom. The van der Waals surface area contributed by atoms with Gasteiger partial charge in [-0.05, 0) is 0 Å². The molecule has 1 aliphatic rings. The summed E-state index contributed by atoms with van der Waals surface area (Å²) in [7, 11) is 1.92. The van der Waals surface area contributed by atoms with Crippen LogP contribution in [0.4, 0.5) is 8.78 Å². The zero-order valence-electron chi connectivity index (χ0n) is 9.66. The van der Waals surface area contributed by atoms with E-state index in [-0.39, 0.29) is 6.42 Å². The number of hydrogen-bond acceptors (Lipinski definition) is 2. The fourth-order valence-electron chi connectivity index (χ4n) is 2.06. The first-order valence-corrected chi connectivity index (χ1v) is 5.55. The van der Waals surface area contributed by atoms with Gasteiger partial charge >= 0.3 is 0 Å². The molecular weight excluding hydrogens is 212 g/mol. The molecule has 2 rings (SSSR count). The highest BCUT2D eigenvalue weighted by Crippen LogP contribution is 2.33. The van der Waals surface area contributed by atoms with Gasteiger partial charge in [0.05, 0.1) is 6.54 Å². The second-order valence-electron chi connectivity index (χ2n) is 4.60. The van der Waals surface area contributed by atoms with E-state index < -0.39 is 11.8 Å². The van der Waals surface area contributed by atoms with E-state index >= 15 is 0 Å². The van der Waals surface area contributed by atoms with Crippen LogP contribution in [0.25, 0.3) is 0 Å². The summed E-state index contributed by atoms with van der Waals surface area (Å²) in [6.07, 6.45) is 3.56. The van der Waals surface area contributed by atoms with E-state index in [4.69, 9.17) is 0 Å². The largest absolute Gasteiger partial charge is 0.337 e. The molecule has 0 N–H and O–H groups in total. The molecule has 0 amide bonds. The number of hydrogen-bond donors (Lipinski definition) is 0. The minimum Gasteiger partial charge on any atom is -0.337 e. The van der Waals surface area contributed by atoms with Crippen LogP contribution in [0.15, 0.2) is 12.4 Å². The van der Waals surface area contributed by atoms with Gasteiger partial charge in [0, 0.05) is 44.9 Å². The summed E-state index contributed by atoms with van der Waals surface area (Å²) in [6, 6.07) is 0. The molecular formula is C11H17F2N3. The Bertz CT molecular complexity index is 362. The van der Waals surface area contributed by atoms with Gasteiger partial charge < -0.3 is 4.57 Å². The van der Waals surface area contributed by atoms with Crippen molar-refractivity contribution >= 4 is 0 Å². The standard InChI is InChI=1S/C11H17F2N3/c1-9-7-16(5-3-11(9,12)13)8-10-14-4-6-15(10)2/h4,6,9H,3,5,7-8H2,1-2H3/t9-/m1/s1. The second-order valence-corrected chi connectivity index (χ2v) is 4.60. The molecule has 0 saturated carbocycles. The van der Waals surface area contributed by atoms with Crippen LogP contribution in [0.1, 0.15) is 19.2 Å². The molecule has 0 aliphatic carbocycles. The van der Waals surface area contributed by atoms with Crippen molar-refractivity contribution in [1.29, 1.82) is 0 Å². The number of rotatable bonds is 2. The second kappa shape index (κ2) is 4.13. The van der Waals surface area contributed by atoms with Crippen molar-refractivity contribution in [2.75, 3.05) is 13.1 Å². The third kappa shape index (κ3) is 2.24. The lowest BCUT2D eigenvalue weighted by Gasteiger charge is -2.36. The van der Waals surface area contributed by atoms with Crippen molar-refractivity contribution in [3.8, 4) is 0 Å². The molecule has 16 heavy (non-hydrogen) atoms. The van der Waals surface area contributed by atoms with E-state index in [0.717, 1.165) is 5.82 Å². The summed E-state index contributed by atoms with van der Waals surface area (Å²) in [6.45, 7) is 3.17. The van der Waals surface area contributed by atoms with Gasteiger partial charge in [-0.3, -0.25) is 4.90 Å². The summed E-state index contributed by atoms with van der Waals surface area (Å²) >= 11 is 0. The molecule has 1 aliphatic heterocycles. The van der Waals surface area contributed by atoms with Gasteiger partial charge in [0.1, 0.15) is 5.82 Å². The van der Waals surface area contributed by atoms with E-state index in [9.17, 15) is 8.78 Å². The van der Waals surface area contributed by atoms with Crippen LogP contribution in [0, 0.1) is 5.92 Å². The van der Waals surface area contributed by atoms with E-state index in [2.05, 4.69) is 4.98 Å². The summed E-state index contributed by atoms with van der Waals surface area (Å²) in [4.78, 5) is 6.25. The summed E-state index contributed by atoms with van der Waals surface area (Å²) < 4.78 is 28.5. The third-order valence-electron chi connectivity index (χ3n) is 3.30. The quantitative estimate of drug-likeness (QED) is 0.772. The smallest absolute Gasteiger partial charge is 0.253 e. The van der Waals surface area contributed by atoms with Gasteiger partial charge in [-0.25, -0.2) is 13.8 Å². The number of halogens is 2. The SMILES string of the molecule is C[C@@H]1CN(Cc2nccn2C)CCC1(F)F. The van der Waals surface area contributed by atoms with Crippen LogP contribution in [0.5, 0.6) is 0 Å². The molecule has 3 nitrogen and oxygen atoms in total. The highest BCUT2D eigenvalue weighted by molar-refractivity contribution is 4.93. The van der Waals surface area contributed by atoms with Gasteiger partial charge in [-0.1, -0.05) is 6.92 Å². The Kier molecular flexibility index (Phi) is 2.97. The molecule has 5 heteroatoms. The number of imidazole rings is 1. The molecule has 0 spiro atoms. The number of aryl methyl sites for hydroxylation is 1. The fourth-order valence-corrected chi connectivity index (χ4v) is 2.06. The molecule has 0 bridgehead atoms. The fraction of sp³-hybridized carbons (Fsp3) is 0.727. The first-order chi connectivity index (χ1) is 7.49. The Morgan fingerprint density at radius 1 is 1.56 bits per heavy atom. The predicted molar refractivity (Wildman–Crippen MR) is 57.2 cm³/mol. The van der Waals surface area contributed by atoms with Crippen LogP contribution in [-0.2, 0) is 13.6 Å². The lowest BCUT2D eigenvalue weighted by molar-refractivity contribution is -0.101. The normalized spacial score (nSPS) is 25.9. The zero-order chi connectivity index (χ0) is 11.8. The number of likely N-dealkylation sites (tertiary alicyclic amines) is 1. The van der Waals surface area contributed by atoms with Crippen LogP contribution in [-0.4, -0.2) is 33.5 Å². The Balaban J connectivity index is 1.96. The average molecular weight is 229 g/mol. The van der Waals surface area contributed by atoms with Gasteiger partial charge in [-0.15, -0.1) is 0 Å². The molecule has 0 unspecified atom stereocenters. The van der Waals surface area contributed by atoms with E-state index in [1.807, 2.05) is 22.7 Å². The number of aromatic nitrogens is 2. The Labute approximate surface area is 94.1 Å². The van der Waals surface area contributed by atoms with Crippen molar-refractivity contribution in [3.05, 3.63) is 18.2 Å². The predicted octanol–water partition coefficient (Wildman–Crippen LogP) is 1.90. The molecule has 1 atom stereocenters. The highest BCUT2D eigenvalue weighted by atomic mass is 19.3. The molecule has 1 saturated heterocycles. The summed E-state index contributed by atoms with van der Waals surface area (Å²) in [5.41, 5.74) is 0. The monoisotopic (exact) mass is 229 g/mol. The minimum atomic E-state index is -2.50. The molecule has 1 aromatic heterocycles. The Hall–Kier alpha value is -0.970. The van der Waals surface area contributed by atoms with Gasteiger partial charge in [-0.2, -0.15) is 0 Å². The average Bonchev–Trinajstić information content (AvgIpc) is 2.59. The molecule has 90 valence electrons. The molecule has 2 heterocycles. The molecule has 1 fully saturated rings. The summed E-state index contributed by atoms with van der Waals surface area (Å²) in [5, 5.41) is 0. The van der Waals surface area contributed by atoms with Crippen molar-refractivity contribution in [2.24, 2.45) is 13.0 Å². The number of nitrogens with zero attached hydrogens (tertiary/aromatic N) is 3. The molecule has 0 aromatic carbocycles.